The zero-order chi connectivity index (χ0) is 12.7. The Labute approximate surface area is 108 Å². The molecule has 4 nitrogen and oxygen atoms in total. The molecule has 0 unspecified atom stereocenters. The average Bonchev–Trinajstić information content (AvgIpc) is 2.30. The predicted octanol–water partition coefficient (Wildman–Crippen LogP) is 3.04. The number of nitrogens with zero attached hydrogens (tertiary/aromatic N) is 2. The Morgan fingerprint density at radius 3 is 2.71 bits per heavy atom. The number of amides is 1. The summed E-state index contributed by atoms with van der Waals surface area (Å²) >= 11 is 4.63. The lowest BCUT2D eigenvalue weighted by molar-refractivity contribution is 0.151. The molecular formula is C12H20N2O2S. The van der Waals surface area contributed by atoms with E-state index in [-0.39, 0.29) is 6.04 Å². The standard InChI is InChI=1S/C12H20N2O2S/c1-14(12(15)16)8-11(13-9-17)7-10-5-3-2-4-6-10/h10-11H,2-8H2,1H3,(H,15,16)/t11-/m1/s1. The van der Waals surface area contributed by atoms with Crippen molar-refractivity contribution in [3.63, 3.8) is 0 Å². The van der Waals surface area contributed by atoms with Gasteiger partial charge in [0, 0.05) is 13.6 Å². The van der Waals surface area contributed by atoms with Crippen molar-refractivity contribution in [2.75, 3.05) is 13.6 Å². The van der Waals surface area contributed by atoms with E-state index in [0.717, 1.165) is 6.42 Å². The molecule has 0 aromatic carbocycles. The van der Waals surface area contributed by atoms with Crippen LogP contribution < -0.4 is 0 Å². The lowest BCUT2D eigenvalue weighted by atomic mass is 9.85. The van der Waals surface area contributed by atoms with Gasteiger partial charge in [-0.1, -0.05) is 32.1 Å². The van der Waals surface area contributed by atoms with Gasteiger partial charge >= 0.3 is 6.09 Å². The van der Waals surface area contributed by atoms with Crippen molar-refractivity contribution < 1.29 is 9.90 Å². The Hall–Kier alpha value is -0.930. The van der Waals surface area contributed by atoms with E-state index in [1.54, 1.807) is 7.05 Å². The minimum Gasteiger partial charge on any atom is -0.465 e. The minimum atomic E-state index is -0.918. The van der Waals surface area contributed by atoms with Crippen molar-refractivity contribution in [1.29, 1.82) is 0 Å². The van der Waals surface area contributed by atoms with Gasteiger partial charge in [0.05, 0.1) is 11.2 Å². The fourth-order valence-electron chi connectivity index (χ4n) is 2.44. The van der Waals surface area contributed by atoms with Gasteiger partial charge < -0.3 is 10.0 Å². The van der Waals surface area contributed by atoms with Crippen LogP contribution in [0.2, 0.25) is 0 Å². The van der Waals surface area contributed by atoms with Crippen LogP contribution in [0.25, 0.3) is 0 Å². The molecular weight excluding hydrogens is 236 g/mol. The van der Waals surface area contributed by atoms with Gasteiger partial charge in [-0.2, -0.15) is 0 Å². The van der Waals surface area contributed by atoms with E-state index in [4.69, 9.17) is 5.11 Å². The van der Waals surface area contributed by atoms with Crippen LogP contribution in [0.3, 0.4) is 0 Å². The number of carboxylic acid groups (broad SMARTS) is 1. The van der Waals surface area contributed by atoms with E-state index in [1.165, 1.54) is 37.0 Å². The Kier molecular flexibility index (Phi) is 6.16. The maximum absolute atomic E-state index is 10.8. The zero-order valence-corrected chi connectivity index (χ0v) is 11.1. The fourth-order valence-corrected chi connectivity index (χ4v) is 2.59. The second-order valence-electron chi connectivity index (χ2n) is 4.78. The summed E-state index contributed by atoms with van der Waals surface area (Å²) in [6.45, 7) is 0.412. The van der Waals surface area contributed by atoms with Gasteiger partial charge in [0.25, 0.3) is 0 Å². The van der Waals surface area contributed by atoms with Crippen molar-refractivity contribution in [3.05, 3.63) is 0 Å². The third kappa shape index (κ3) is 5.29. The molecule has 1 rings (SSSR count). The monoisotopic (exact) mass is 256 g/mol. The van der Waals surface area contributed by atoms with Crippen LogP contribution in [0.1, 0.15) is 38.5 Å². The number of likely N-dealkylation sites (N-methyl/N-ethyl adjacent to an activating group) is 1. The van der Waals surface area contributed by atoms with Gasteiger partial charge in [-0.3, -0.25) is 0 Å². The van der Waals surface area contributed by atoms with E-state index in [9.17, 15) is 4.79 Å². The lowest BCUT2D eigenvalue weighted by Gasteiger charge is -2.25. The second-order valence-corrected chi connectivity index (χ2v) is 4.96. The molecule has 0 saturated heterocycles. The summed E-state index contributed by atoms with van der Waals surface area (Å²) in [7, 11) is 1.56. The van der Waals surface area contributed by atoms with Gasteiger partial charge in [-0.05, 0) is 24.6 Å². The molecule has 1 aliphatic carbocycles. The maximum atomic E-state index is 10.8. The first-order valence-electron chi connectivity index (χ1n) is 6.14. The molecule has 0 heterocycles. The predicted molar refractivity (Wildman–Crippen MR) is 70.7 cm³/mol. The lowest BCUT2D eigenvalue weighted by Crippen LogP contribution is -2.33. The van der Waals surface area contributed by atoms with Gasteiger partial charge in [0.15, 0.2) is 0 Å². The highest BCUT2D eigenvalue weighted by Gasteiger charge is 2.20. The van der Waals surface area contributed by atoms with Crippen molar-refractivity contribution in [2.24, 2.45) is 10.9 Å². The zero-order valence-electron chi connectivity index (χ0n) is 10.3. The highest BCUT2D eigenvalue weighted by molar-refractivity contribution is 7.78. The largest absolute Gasteiger partial charge is 0.465 e. The van der Waals surface area contributed by atoms with Gasteiger partial charge in [-0.25, -0.2) is 9.79 Å². The molecule has 1 fully saturated rings. The molecule has 1 amide bonds. The molecule has 0 bridgehead atoms. The molecule has 96 valence electrons. The van der Waals surface area contributed by atoms with Gasteiger partial charge in [-0.15, -0.1) is 0 Å². The average molecular weight is 256 g/mol. The number of aliphatic imine (C=N–C) groups is 1. The number of carbonyl (C=O) groups is 1. The molecule has 17 heavy (non-hydrogen) atoms. The number of hydrogen-bond acceptors (Lipinski definition) is 3. The summed E-state index contributed by atoms with van der Waals surface area (Å²) in [5.74, 6) is 0.669. The van der Waals surface area contributed by atoms with Crippen LogP contribution in [0.5, 0.6) is 0 Å². The highest BCUT2D eigenvalue weighted by Crippen LogP contribution is 2.28. The van der Waals surface area contributed by atoms with E-state index in [1.807, 2.05) is 0 Å². The first-order chi connectivity index (χ1) is 8.13. The molecule has 0 spiro atoms. The molecule has 1 aliphatic rings. The van der Waals surface area contributed by atoms with Crippen molar-refractivity contribution in [2.45, 2.75) is 44.6 Å². The Bertz CT molecular complexity index is 297. The van der Waals surface area contributed by atoms with Crippen molar-refractivity contribution >= 4 is 23.5 Å². The van der Waals surface area contributed by atoms with E-state index >= 15 is 0 Å². The summed E-state index contributed by atoms with van der Waals surface area (Å²) in [6.07, 6.45) is 6.38. The van der Waals surface area contributed by atoms with Crippen LogP contribution in [-0.2, 0) is 0 Å². The normalized spacial score (nSPS) is 18.2. The summed E-state index contributed by atoms with van der Waals surface area (Å²) in [5.41, 5.74) is 0. The topological polar surface area (TPSA) is 52.9 Å². The SMILES string of the molecule is CN(C[C@@H](CC1CCCCC1)N=C=S)C(=O)O. The molecule has 1 saturated carbocycles. The van der Waals surface area contributed by atoms with Crippen LogP contribution in [0, 0.1) is 5.92 Å². The molecule has 1 N–H and O–H groups in total. The third-order valence-corrected chi connectivity index (χ3v) is 3.48. The third-order valence-electron chi connectivity index (χ3n) is 3.38. The van der Waals surface area contributed by atoms with Crippen molar-refractivity contribution in [3.8, 4) is 0 Å². The highest BCUT2D eigenvalue weighted by atomic mass is 32.1. The molecule has 1 atom stereocenters. The van der Waals surface area contributed by atoms with Crippen LogP contribution >= 0.6 is 12.2 Å². The Balaban J connectivity index is 2.47. The quantitative estimate of drug-likeness (QED) is 0.607. The first-order valence-corrected chi connectivity index (χ1v) is 6.55. The summed E-state index contributed by atoms with van der Waals surface area (Å²) in [5, 5.41) is 11.2. The minimum absolute atomic E-state index is 0.0308. The first kappa shape index (κ1) is 14.1. The van der Waals surface area contributed by atoms with Crippen LogP contribution in [0.4, 0.5) is 4.79 Å². The molecule has 0 aliphatic heterocycles. The smallest absolute Gasteiger partial charge is 0.407 e. The molecule has 5 heteroatoms. The molecule has 0 aromatic rings. The fraction of sp³-hybridized carbons (Fsp3) is 0.833. The van der Waals surface area contributed by atoms with Crippen molar-refractivity contribution in [1.82, 2.24) is 4.90 Å². The molecule has 0 aromatic heterocycles. The number of isothiocyanates is 1. The summed E-state index contributed by atoms with van der Waals surface area (Å²) in [4.78, 5) is 16.1. The Morgan fingerprint density at radius 2 is 2.18 bits per heavy atom. The van der Waals surface area contributed by atoms with Gasteiger partial charge in [0.2, 0.25) is 0 Å². The summed E-state index contributed by atoms with van der Waals surface area (Å²) in [6, 6.07) is -0.0308. The molecule has 0 radical (unpaired) electrons. The Morgan fingerprint density at radius 1 is 1.53 bits per heavy atom. The van der Waals surface area contributed by atoms with E-state index in [0.29, 0.717) is 12.5 Å². The van der Waals surface area contributed by atoms with Gasteiger partial charge in [0.1, 0.15) is 0 Å². The maximum Gasteiger partial charge on any atom is 0.407 e. The number of rotatable bonds is 5. The second kappa shape index (κ2) is 7.41. The van der Waals surface area contributed by atoms with E-state index in [2.05, 4.69) is 22.4 Å². The van der Waals surface area contributed by atoms with Crippen LogP contribution in [0.15, 0.2) is 4.99 Å². The number of hydrogen-bond donors (Lipinski definition) is 1. The number of thiocarbonyl (C=S) groups is 1. The summed E-state index contributed by atoms with van der Waals surface area (Å²) < 4.78 is 0. The van der Waals surface area contributed by atoms with Crippen LogP contribution in [-0.4, -0.2) is 40.9 Å². The van der Waals surface area contributed by atoms with E-state index < -0.39 is 6.09 Å².